The molecule has 0 saturated carbocycles. The van der Waals surface area contributed by atoms with Crippen molar-refractivity contribution in [1.29, 1.82) is 0 Å². The van der Waals surface area contributed by atoms with Gasteiger partial charge >= 0.3 is 0 Å². The second-order valence-corrected chi connectivity index (χ2v) is 6.16. The van der Waals surface area contributed by atoms with Crippen LogP contribution < -0.4 is 5.32 Å². The molecule has 1 heterocycles. The third kappa shape index (κ3) is 3.40. The molecule has 3 heteroatoms. The van der Waals surface area contributed by atoms with Gasteiger partial charge < -0.3 is 10.2 Å². The number of hydrogen-bond donors (Lipinski definition) is 1. The maximum Gasteiger partial charge on any atom is 0.254 e. The van der Waals surface area contributed by atoms with Crippen molar-refractivity contribution in [3.63, 3.8) is 0 Å². The van der Waals surface area contributed by atoms with Gasteiger partial charge in [0.05, 0.1) is 0 Å². The van der Waals surface area contributed by atoms with Gasteiger partial charge in [0.2, 0.25) is 0 Å². The number of rotatable bonds is 4. The number of nitrogens with one attached hydrogen (secondary N) is 1. The fourth-order valence-corrected chi connectivity index (χ4v) is 2.80. The Morgan fingerprint density at radius 3 is 2.75 bits per heavy atom. The van der Waals surface area contributed by atoms with E-state index < -0.39 is 0 Å². The Bertz CT molecular complexity index is 476. The zero-order chi connectivity index (χ0) is 14.7. The summed E-state index contributed by atoms with van der Waals surface area (Å²) >= 11 is 0. The van der Waals surface area contributed by atoms with E-state index in [0.717, 1.165) is 29.8 Å². The van der Waals surface area contributed by atoms with Gasteiger partial charge in [-0.1, -0.05) is 17.7 Å². The van der Waals surface area contributed by atoms with E-state index in [1.807, 2.05) is 30.9 Å². The molecule has 3 nitrogen and oxygen atoms in total. The predicted molar refractivity (Wildman–Crippen MR) is 83.1 cm³/mol. The summed E-state index contributed by atoms with van der Waals surface area (Å²) in [6.07, 6.45) is 2.39. The van der Waals surface area contributed by atoms with Gasteiger partial charge in [0.25, 0.3) is 5.91 Å². The highest BCUT2D eigenvalue weighted by molar-refractivity contribution is 5.96. The van der Waals surface area contributed by atoms with Crippen LogP contribution in [-0.2, 0) is 0 Å². The van der Waals surface area contributed by atoms with E-state index in [4.69, 9.17) is 0 Å². The highest BCUT2D eigenvalue weighted by atomic mass is 16.2. The number of carbonyl (C=O) groups is 1. The Kier molecular flexibility index (Phi) is 4.81. The molecule has 1 N–H and O–H groups in total. The summed E-state index contributed by atoms with van der Waals surface area (Å²) in [5.74, 6) is 0.162. The third-order valence-corrected chi connectivity index (χ3v) is 4.09. The van der Waals surface area contributed by atoms with Gasteiger partial charge in [-0.25, -0.2) is 0 Å². The van der Waals surface area contributed by atoms with Crippen LogP contribution in [0.2, 0.25) is 0 Å². The monoisotopic (exact) mass is 274 g/mol. The van der Waals surface area contributed by atoms with Crippen LogP contribution in [0.25, 0.3) is 0 Å². The fraction of sp³-hybridized carbons (Fsp3) is 0.588. The van der Waals surface area contributed by atoms with Crippen LogP contribution in [0.15, 0.2) is 18.2 Å². The lowest BCUT2D eigenvalue weighted by molar-refractivity contribution is 0.0688. The summed E-state index contributed by atoms with van der Waals surface area (Å²) in [7, 11) is 0. The first kappa shape index (κ1) is 15.0. The van der Waals surface area contributed by atoms with Gasteiger partial charge in [0.15, 0.2) is 0 Å². The van der Waals surface area contributed by atoms with Gasteiger partial charge in [-0.05, 0) is 58.7 Å². The second-order valence-electron chi connectivity index (χ2n) is 6.16. The predicted octanol–water partition coefficient (Wildman–Crippen LogP) is 2.91. The number of amides is 1. The number of aryl methyl sites for hydroxylation is 2. The molecular formula is C17H26N2O. The highest BCUT2D eigenvalue weighted by Gasteiger charge is 2.25. The second kappa shape index (κ2) is 6.40. The zero-order valence-electron chi connectivity index (χ0n) is 13.1. The lowest BCUT2D eigenvalue weighted by Gasteiger charge is -2.30. The van der Waals surface area contributed by atoms with E-state index in [1.54, 1.807) is 0 Å². The van der Waals surface area contributed by atoms with E-state index >= 15 is 0 Å². The third-order valence-electron chi connectivity index (χ3n) is 4.09. The summed E-state index contributed by atoms with van der Waals surface area (Å²) in [5.41, 5.74) is 3.05. The molecule has 1 unspecified atom stereocenters. The first-order valence-corrected chi connectivity index (χ1v) is 7.60. The molecule has 20 heavy (non-hydrogen) atoms. The van der Waals surface area contributed by atoms with Crippen molar-refractivity contribution in [2.75, 3.05) is 13.1 Å². The highest BCUT2D eigenvalue weighted by Crippen LogP contribution is 2.17. The summed E-state index contributed by atoms with van der Waals surface area (Å²) in [6.45, 7) is 10.1. The number of benzene rings is 1. The van der Waals surface area contributed by atoms with Crippen molar-refractivity contribution in [2.24, 2.45) is 0 Å². The largest absolute Gasteiger partial charge is 0.335 e. The van der Waals surface area contributed by atoms with Crippen LogP contribution in [0.4, 0.5) is 0 Å². The Hall–Kier alpha value is -1.35. The minimum atomic E-state index is 0.162. The molecule has 0 bridgehead atoms. The normalized spacial score (nSPS) is 18.6. The van der Waals surface area contributed by atoms with Crippen molar-refractivity contribution in [3.8, 4) is 0 Å². The van der Waals surface area contributed by atoms with E-state index in [1.165, 1.54) is 12.8 Å². The molecule has 0 spiro atoms. The van der Waals surface area contributed by atoms with E-state index in [-0.39, 0.29) is 11.9 Å². The van der Waals surface area contributed by atoms with Gasteiger partial charge in [0.1, 0.15) is 0 Å². The maximum atomic E-state index is 12.8. The lowest BCUT2D eigenvalue weighted by Crippen LogP contribution is -2.45. The molecule has 1 amide bonds. The van der Waals surface area contributed by atoms with E-state index in [9.17, 15) is 4.79 Å². The molecular weight excluding hydrogens is 248 g/mol. The standard InChI is InChI=1S/C17H26N2O/c1-12(2)19(11-15-6-5-9-18-15)17(20)16-10-13(3)7-8-14(16)4/h7-8,10,12,15,18H,5-6,9,11H2,1-4H3. The van der Waals surface area contributed by atoms with Crippen LogP contribution in [0, 0.1) is 13.8 Å². The molecule has 110 valence electrons. The van der Waals surface area contributed by atoms with E-state index in [2.05, 4.69) is 25.2 Å². The summed E-state index contributed by atoms with van der Waals surface area (Å²) in [6, 6.07) is 6.78. The van der Waals surface area contributed by atoms with Crippen LogP contribution in [0.5, 0.6) is 0 Å². The summed E-state index contributed by atoms with van der Waals surface area (Å²) < 4.78 is 0. The molecule has 2 rings (SSSR count). The number of carbonyl (C=O) groups excluding carboxylic acids is 1. The smallest absolute Gasteiger partial charge is 0.254 e. The summed E-state index contributed by atoms with van der Waals surface area (Å²) in [5, 5.41) is 3.48. The van der Waals surface area contributed by atoms with Crippen molar-refractivity contribution in [3.05, 3.63) is 34.9 Å². The van der Waals surface area contributed by atoms with Gasteiger partial charge in [-0.15, -0.1) is 0 Å². The molecule has 1 fully saturated rings. The number of hydrogen-bond acceptors (Lipinski definition) is 2. The number of nitrogens with zero attached hydrogens (tertiary/aromatic N) is 1. The Labute approximate surface area is 122 Å². The van der Waals surface area contributed by atoms with Crippen molar-refractivity contribution >= 4 is 5.91 Å². The fourth-order valence-electron chi connectivity index (χ4n) is 2.80. The molecule has 1 aliphatic rings. The molecule has 0 radical (unpaired) electrons. The maximum absolute atomic E-state index is 12.8. The lowest BCUT2D eigenvalue weighted by atomic mass is 10.0. The molecule has 1 atom stereocenters. The minimum Gasteiger partial charge on any atom is -0.335 e. The average Bonchev–Trinajstić information content (AvgIpc) is 2.90. The van der Waals surface area contributed by atoms with Crippen LogP contribution in [0.3, 0.4) is 0 Å². The topological polar surface area (TPSA) is 32.3 Å². The Morgan fingerprint density at radius 2 is 2.15 bits per heavy atom. The van der Waals surface area contributed by atoms with Crippen molar-refractivity contribution in [2.45, 2.75) is 52.6 Å². The molecule has 1 aromatic rings. The molecule has 1 saturated heterocycles. The van der Waals surface area contributed by atoms with Crippen LogP contribution in [-0.4, -0.2) is 36.0 Å². The Balaban J connectivity index is 2.19. The van der Waals surface area contributed by atoms with Crippen LogP contribution >= 0.6 is 0 Å². The van der Waals surface area contributed by atoms with Crippen LogP contribution in [0.1, 0.15) is 48.2 Å². The minimum absolute atomic E-state index is 0.162. The van der Waals surface area contributed by atoms with Gasteiger partial charge in [0, 0.05) is 24.2 Å². The van der Waals surface area contributed by atoms with Crippen molar-refractivity contribution in [1.82, 2.24) is 10.2 Å². The quantitative estimate of drug-likeness (QED) is 0.915. The van der Waals surface area contributed by atoms with Gasteiger partial charge in [-0.3, -0.25) is 4.79 Å². The summed E-state index contributed by atoms with van der Waals surface area (Å²) in [4.78, 5) is 14.8. The molecule has 1 aromatic carbocycles. The molecule has 0 aliphatic carbocycles. The van der Waals surface area contributed by atoms with E-state index in [0.29, 0.717) is 6.04 Å². The first-order valence-electron chi connectivity index (χ1n) is 7.60. The van der Waals surface area contributed by atoms with Crippen molar-refractivity contribution < 1.29 is 4.79 Å². The average molecular weight is 274 g/mol. The van der Waals surface area contributed by atoms with Gasteiger partial charge in [-0.2, -0.15) is 0 Å². The SMILES string of the molecule is Cc1ccc(C)c(C(=O)N(CC2CCCN2)C(C)C)c1. The molecule has 1 aliphatic heterocycles. The Morgan fingerprint density at radius 1 is 1.40 bits per heavy atom. The zero-order valence-corrected chi connectivity index (χ0v) is 13.1. The molecule has 0 aromatic heterocycles. The first-order chi connectivity index (χ1) is 9.49.